The standard InChI is InChI=1S/C45H51BN2Si/c1-3-5-10-18-37-26-30-42(31-27-37)49(41-24-16-9-17-25-41,43-32-28-38(29-33-43)19-11-6-4-2)36-48-35-34-47-45(48)46-44(39-20-12-7-13-21-39)40-22-14-8-15-23-40/h7-9,12-17,20-35,44,46H,3-6,10-11,18-19,36H2,1-2H3. The zero-order valence-electron chi connectivity index (χ0n) is 29.5. The van der Waals surface area contributed by atoms with Crippen LogP contribution in [0, 0.1) is 0 Å². The summed E-state index contributed by atoms with van der Waals surface area (Å²) in [6.07, 6.45) is 15.0. The molecule has 2 nitrogen and oxygen atoms in total. The molecule has 49 heavy (non-hydrogen) atoms. The molecule has 5 aromatic carbocycles. The van der Waals surface area contributed by atoms with Gasteiger partial charge < -0.3 is 4.57 Å². The van der Waals surface area contributed by atoms with Crippen LogP contribution in [0.3, 0.4) is 0 Å². The molecule has 0 atom stereocenters. The molecule has 4 heteroatoms. The Bertz CT molecular complexity index is 1720. The van der Waals surface area contributed by atoms with E-state index in [-0.39, 0.29) is 5.82 Å². The average molecular weight is 659 g/mol. The first kappa shape index (κ1) is 34.5. The fourth-order valence-corrected chi connectivity index (χ4v) is 12.1. The van der Waals surface area contributed by atoms with Crippen LogP contribution < -0.4 is 21.3 Å². The lowest BCUT2D eigenvalue weighted by Gasteiger charge is -2.35. The van der Waals surface area contributed by atoms with Crippen molar-refractivity contribution in [3.63, 3.8) is 0 Å². The molecule has 0 aliphatic rings. The van der Waals surface area contributed by atoms with Gasteiger partial charge in [0.15, 0.2) is 8.07 Å². The number of rotatable bonds is 17. The van der Waals surface area contributed by atoms with Crippen molar-refractivity contribution in [2.45, 2.75) is 77.2 Å². The molecule has 0 aliphatic heterocycles. The van der Waals surface area contributed by atoms with Crippen LogP contribution in [0.25, 0.3) is 0 Å². The van der Waals surface area contributed by atoms with Crippen molar-refractivity contribution >= 4 is 36.6 Å². The molecular formula is C45H51BN2Si. The summed E-state index contributed by atoms with van der Waals surface area (Å²) in [5.74, 6) is 0.223. The van der Waals surface area contributed by atoms with Crippen LogP contribution in [0.1, 0.15) is 80.4 Å². The fourth-order valence-electron chi connectivity index (χ4n) is 7.48. The van der Waals surface area contributed by atoms with Gasteiger partial charge in [0, 0.05) is 18.6 Å². The zero-order chi connectivity index (χ0) is 33.7. The zero-order valence-corrected chi connectivity index (χ0v) is 30.5. The highest BCUT2D eigenvalue weighted by molar-refractivity contribution is 7.10. The summed E-state index contributed by atoms with van der Waals surface area (Å²) < 4.78 is 2.49. The lowest BCUT2D eigenvalue weighted by atomic mass is 9.58. The van der Waals surface area contributed by atoms with E-state index in [0.29, 0.717) is 0 Å². The van der Waals surface area contributed by atoms with Gasteiger partial charge in [0.05, 0.1) is 5.72 Å². The van der Waals surface area contributed by atoms with Crippen molar-refractivity contribution in [2.75, 3.05) is 0 Å². The van der Waals surface area contributed by atoms with Gasteiger partial charge in [-0.05, 0) is 69.3 Å². The van der Waals surface area contributed by atoms with Crippen LogP contribution in [0.15, 0.2) is 152 Å². The lowest BCUT2D eigenvalue weighted by Crippen LogP contribution is -2.70. The molecule has 0 N–H and O–H groups in total. The van der Waals surface area contributed by atoms with Crippen LogP contribution >= 0.6 is 0 Å². The quantitative estimate of drug-likeness (QED) is 0.0554. The van der Waals surface area contributed by atoms with Gasteiger partial charge in [0.25, 0.3) is 0 Å². The summed E-state index contributed by atoms with van der Waals surface area (Å²) in [5, 5.41) is 4.35. The molecule has 0 saturated heterocycles. The van der Waals surface area contributed by atoms with Crippen molar-refractivity contribution in [1.29, 1.82) is 0 Å². The van der Waals surface area contributed by atoms with E-state index in [0.717, 1.165) is 32.0 Å². The fraction of sp³-hybridized carbons (Fsp3) is 0.267. The average Bonchev–Trinajstić information content (AvgIpc) is 3.61. The van der Waals surface area contributed by atoms with E-state index in [1.807, 2.05) is 6.20 Å². The van der Waals surface area contributed by atoms with E-state index in [1.54, 1.807) is 0 Å². The summed E-state index contributed by atoms with van der Waals surface area (Å²) in [5.41, 5.74) is 6.67. The van der Waals surface area contributed by atoms with E-state index in [1.165, 1.54) is 76.3 Å². The van der Waals surface area contributed by atoms with Crippen molar-refractivity contribution < 1.29 is 0 Å². The third-order valence-electron chi connectivity index (χ3n) is 10.3. The number of hydrogen-bond donors (Lipinski definition) is 0. The van der Waals surface area contributed by atoms with E-state index in [4.69, 9.17) is 4.98 Å². The Balaban J connectivity index is 1.44. The Hall–Kier alpha value is -4.41. The Labute approximate surface area is 296 Å². The Morgan fingerprint density at radius 1 is 0.551 bits per heavy atom. The minimum Gasteiger partial charge on any atom is -0.345 e. The molecule has 0 radical (unpaired) electrons. The number of benzene rings is 5. The van der Waals surface area contributed by atoms with Crippen molar-refractivity contribution in [3.8, 4) is 0 Å². The van der Waals surface area contributed by atoms with E-state index < -0.39 is 8.07 Å². The second-order valence-electron chi connectivity index (χ2n) is 13.6. The van der Waals surface area contributed by atoms with E-state index >= 15 is 0 Å². The molecular weight excluding hydrogens is 607 g/mol. The number of aryl methyl sites for hydroxylation is 2. The largest absolute Gasteiger partial charge is 0.345 e. The number of imidazole rings is 1. The van der Waals surface area contributed by atoms with Gasteiger partial charge in [0.1, 0.15) is 0 Å². The number of hydrogen-bond acceptors (Lipinski definition) is 1. The second kappa shape index (κ2) is 17.3. The van der Waals surface area contributed by atoms with Crippen LogP contribution in [0.4, 0.5) is 0 Å². The first-order valence-electron chi connectivity index (χ1n) is 18.6. The first-order valence-corrected chi connectivity index (χ1v) is 20.8. The second-order valence-corrected chi connectivity index (χ2v) is 17.5. The predicted octanol–water partition coefficient (Wildman–Crippen LogP) is 7.91. The van der Waals surface area contributed by atoms with Gasteiger partial charge in [-0.3, -0.25) is 4.98 Å². The van der Waals surface area contributed by atoms with Gasteiger partial charge in [-0.1, -0.05) is 179 Å². The minimum absolute atomic E-state index is 0.223. The maximum atomic E-state index is 5.07. The SMILES string of the molecule is CCCCCc1ccc([Si](Cn2ccnc2BC(c2ccccc2)c2ccccc2)(c2ccccc2)c2ccc(CCCCC)cc2)cc1. The topological polar surface area (TPSA) is 17.8 Å². The maximum Gasteiger partial charge on any atom is 0.217 e. The Morgan fingerprint density at radius 2 is 1.00 bits per heavy atom. The first-order chi connectivity index (χ1) is 24.2. The summed E-state index contributed by atoms with van der Waals surface area (Å²) in [7, 11) is -1.73. The van der Waals surface area contributed by atoms with E-state index in [9.17, 15) is 0 Å². The predicted molar refractivity (Wildman–Crippen MR) is 214 cm³/mol. The minimum atomic E-state index is -2.57. The monoisotopic (exact) mass is 658 g/mol. The van der Waals surface area contributed by atoms with Crippen LogP contribution in [-0.4, -0.2) is 24.9 Å². The van der Waals surface area contributed by atoms with Crippen molar-refractivity contribution in [2.24, 2.45) is 0 Å². The Kier molecular flexibility index (Phi) is 12.2. The summed E-state index contributed by atoms with van der Waals surface area (Å²) in [6.45, 7) is 4.56. The Morgan fingerprint density at radius 3 is 1.47 bits per heavy atom. The summed E-state index contributed by atoms with van der Waals surface area (Å²) in [4.78, 5) is 5.07. The van der Waals surface area contributed by atoms with E-state index in [2.05, 4.69) is 164 Å². The third kappa shape index (κ3) is 8.43. The van der Waals surface area contributed by atoms with Crippen LogP contribution in [0.2, 0.25) is 0 Å². The number of unbranched alkanes of at least 4 members (excludes halogenated alkanes) is 4. The van der Waals surface area contributed by atoms with Crippen LogP contribution in [-0.2, 0) is 19.0 Å². The van der Waals surface area contributed by atoms with Gasteiger partial charge in [-0.25, -0.2) is 0 Å². The van der Waals surface area contributed by atoms with Gasteiger partial charge in [-0.15, -0.1) is 0 Å². The lowest BCUT2D eigenvalue weighted by molar-refractivity contribution is 0.717. The van der Waals surface area contributed by atoms with Gasteiger partial charge in [0.2, 0.25) is 7.28 Å². The molecule has 0 spiro atoms. The molecule has 1 aromatic heterocycles. The van der Waals surface area contributed by atoms with Crippen molar-refractivity contribution in [3.05, 3.63) is 174 Å². The summed E-state index contributed by atoms with van der Waals surface area (Å²) >= 11 is 0. The van der Waals surface area contributed by atoms with Crippen LogP contribution in [0.5, 0.6) is 0 Å². The smallest absolute Gasteiger partial charge is 0.217 e. The maximum absolute atomic E-state index is 5.07. The molecule has 0 saturated carbocycles. The third-order valence-corrected chi connectivity index (χ3v) is 15.1. The van der Waals surface area contributed by atoms with Gasteiger partial charge in [-0.2, -0.15) is 0 Å². The molecule has 1 heterocycles. The number of nitrogens with zero attached hydrogens (tertiary/aromatic N) is 2. The molecule has 0 aliphatic carbocycles. The molecule has 0 amide bonds. The molecule has 0 bridgehead atoms. The highest BCUT2D eigenvalue weighted by atomic mass is 28.3. The molecule has 248 valence electrons. The number of aromatic nitrogens is 2. The highest BCUT2D eigenvalue weighted by Crippen LogP contribution is 2.23. The molecule has 0 unspecified atom stereocenters. The molecule has 6 aromatic rings. The van der Waals surface area contributed by atoms with Gasteiger partial charge >= 0.3 is 0 Å². The summed E-state index contributed by atoms with van der Waals surface area (Å²) in [6, 6.07) is 52.7. The normalized spacial score (nSPS) is 11.6. The van der Waals surface area contributed by atoms with Crippen molar-refractivity contribution in [1.82, 2.24) is 9.55 Å². The highest BCUT2D eigenvalue weighted by Gasteiger charge is 2.40. The molecule has 0 fully saturated rings. The molecule has 6 rings (SSSR count).